The molecule has 0 bridgehead atoms. The van der Waals surface area contributed by atoms with E-state index < -0.39 is 0 Å². The first-order valence-corrected chi connectivity index (χ1v) is 8.72. The van der Waals surface area contributed by atoms with Crippen molar-refractivity contribution in [2.24, 2.45) is 0 Å². The van der Waals surface area contributed by atoms with Gasteiger partial charge in [-0.1, -0.05) is 11.3 Å². The zero-order valence-electron chi connectivity index (χ0n) is 14.1. The minimum Gasteiger partial charge on any atom is -0.481 e. The highest BCUT2D eigenvalue weighted by Crippen LogP contribution is 2.25. The number of carbonyl (C=O) groups is 1. The molecule has 134 valence electrons. The Morgan fingerprint density at radius 2 is 2.00 bits per heavy atom. The minimum absolute atomic E-state index is 0.289. The third-order valence-corrected chi connectivity index (χ3v) is 4.37. The first-order valence-electron chi connectivity index (χ1n) is 7.84. The lowest BCUT2D eigenvalue weighted by atomic mass is 10.3. The van der Waals surface area contributed by atoms with Crippen LogP contribution in [0.1, 0.15) is 10.5 Å². The number of anilines is 1. The van der Waals surface area contributed by atoms with E-state index in [1.165, 1.54) is 22.2 Å². The quantitative estimate of drug-likeness (QED) is 0.567. The second-order valence-electron chi connectivity index (χ2n) is 5.29. The van der Waals surface area contributed by atoms with E-state index in [1.54, 1.807) is 37.7 Å². The molecule has 0 saturated carbocycles. The molecule has 4 aromatic heterocycles. The number of nitrogens with zero attached hydrogens (tertiary/aromatic N) is 6. The average Bonchev–Trinajstić information content (AvgIpc) is 3.38. The molecule has 0 unspecified atom stereocenters. The van der Waals surface area contributed by atoms with E-state index in [1.807, 2.05) is 17.5 Å². The summed E-state index contributed by atoms with van der Waals surface area (Å²) in [7, 11) is 1.55. The van der Waals surface area contributed by atoms with Crippen LogP contribution in [0.15, 0.2) is 54.3 Å². The summed E-state index contributed by atoms with van der Waals surface area (Å²) in [5, 5.41) is 12.8. The van der Waals surface area contributed by atoms with Gasteiger partial charge in [0.05, 0.1) is 24.7 Å². The lowest BCUT2D eigenvalue weighted by molar-refractivity contribution is 0.101. The predicted octanol–water partition coefficient (Wildman–Crippen LogP) is 2.44. The van der Waals surface area contributed by atoms with Crippen LogP contribution in [0.2, 0.25) is 0 Å². The lowest BCUT2D eigenvalue weighted by Crippen LogP contribution is -2.16. The summed E-state index contributed by atoms with van der Waals surface area (Å²) in [4.78, 5) is 25.3. The predicted molar refractivity (Wildman–Crippen MR) is 99.0 cm³/mol. The number of carbonyl (C=O) groups excluding carboxylic acids is 1. The molecule has 0 aromatic carbocycles. The van der Waals surface area contributed by atoms with Crippen molar-refractivity contribution < 1.29 is 9.53 Å². The van der Waals surface area contributed by atoms with Crippen molar-refractivity contribution in [3.8, 4) is 23.0 Å². The molecule has 0 spiro atoms. The summed E-state index contributed by atoms with van der Waals surface area (Å²) in [6.07, 6.45) is 4.63. The molecular weight excluding hydrogens is 366 g/mol. The normalized spacial score (nSPS) is 10.6. The van der Waals surface area contributed by atoms with Gasteiger partial charge in [-0.25, -0.2) is 14.6 Å². The lowest BCUT2D eigenvalue weighted by Gasteiger charge is -2.05. The van der Waals surface area contributed by atoms with E-state index in [0.29, 0.717) is 28.1 Å². The van der Waals surface area contributed by atoms with Crippen LogP contribution in [-0.4, -0.2) is 43.0 Å². The number of ether oxygens (including phenoxy) is 1. The van der Waals surface area contributed by atoms with Crippen molar-refractivity contribution in [3.05, 3.63) is 60.0 Å². The van der Waals surface area contributed by atoms with Gasteiger partial charge in [-0.05, 0) is 18.2 Å². The summed E-state index contributed by atoms with van der Waals surface area (Å²) in [5.74, 6) is 0.134. The molecule has 0 saturated heterocycles. The molecule has 0 aliphatic rings. The third kappa shape index (κ3) is 3.51. The smallest absolute Gasteiger partial charge is 0.277 e. The topological polar surface area (TPSA) is 108 Å². The molecule has 4 aromatic rings. The van der Waals surface area contributed by atoms with Gasteiger partial charge < -0.3 is 4.74 Å². The molecule has 27 heavy (non-hydrogen) atoms. The number of nitrogens with one attached hydrogen (secondary N) is 1. The van der Waals surface area contributed by atoms with Crippen LogP contribution in [0.25, 0.3) is 17.1 Å². The van der Waals surface area contributed by atoms with Gasteiger partial charge in [0.2, 0.25) is 5.88 Å². The number of hydrogen-bond acceptors (Lipinski definition) is 8. The molecule has 1 amide bonds. The Bertz CT molecular complexity index is 1080. The second-order valence-corrected chi connectivity index (χ2v) is 6.15. The van der Waals surface area contributed by atoms with Crippen molar-refractivity contribution >= 4 is 22.4 Å². The molecule has 4 heterocycles. The maximum absolute atomic E-state index is 12.6. The summed E-state index contributed by atoms with van der Waals surface area (Å²) in [5.41, 5.74) is 2.29. The zero-order valence-corrected chi connectivity index (χ0v) is 14.9. The highest BCUT2D eigenvalue weighted by molar-refractivity contribution is 7.14. The van der Waals surface area contributed by atoms with Gasteiger partial charge in [-0.3, -0.25) is 15.1 Å². The van der Waals surface area contributed by atoms with E-state index >= 15 is 0 Å². The second kappa shape index (κ2) is 7.30. The molecule has 1 N–H and O–H groups in total. The summed E-state index contributed by atoms with van der Waals surface area (Å²) in [6, 6.07) is 8.89. The fourth-order valence-corrected chi connectivity index (χ4v) is 3.05. The van der Waals surface area contributed by atoms with Crippen LogP contribution in [-0.2, 0) is 0 Å². The molecular formula is C17H13N7O2S. The van der Waals surface area contributed by atoms with Crippen LogP contribution in [0.3, 0.4) is 0 Å². The van der Waals surface area contributed by atoms with Crippen LogP contribution in [0.4, 0.5) is 5.13 Å². The SMILES string of the molecule is COc1cccc(-c2csc(NC(=O)c3cnnn3-c3ccncc3)n2)n1. The van der Waals surface area contributed by atoms with Crippen LogP contribution in [0.5, 0.6) is 5.88 Å². The Labute approximate surface area is 157 Å². The zero-order chi connectivity index (χ0) is 18.6. The van der Waals surface area contributed by atoms with Gasteiger partial charge in [-0.15, -0.1) is 16.4 Å². The van der Waals surface area contributed by atoms with Gasteiger partial charge in [-0.2, -0.15) is 0 Å². The number of rotatable bonds is 5. The molecule has 0 aliphatic heterocycles. The van der Waals surface area contributed by atoms with Crippen molar-refractivity contribution in [1.82, 2.24) is 29.9 Å². The Hall–Kier alpha value is -3.66. The highest BCUT2D eigenvalue weighted by Gasteiger charge is 2.17. The van der Waals surface area contributed by atoms with E-state index in [9.17, 15) is 4.79 Å². The Balaban J connectivity index is 1.55. The minimum atomic E-state index is -0.365. The molecule has 10 heteroatoms. The number of pyridine rings is 2. The van der Waals surface area contributed by atoms with Gasteiger partial charge in [0.1, 0.15) is 5.69 Å². The Kier molecular flexibility index (Phi) is 4.54. The average molecular weight is 379 g/mol. The van der Waals surface area contributed by atoms with Crippen molar-refractivity contribution in [1.29, 1.82) is 0 Å². The number of methoxy groups -OCH3 is 1. The highest BCUT2D eigenvalue weighted by atomic mass is 32.1. The molecule has 0 radical (unpaired) electrons. The van der Waals surface area contributed by atoms with E-state index in [-0.39, 0.29) is 11.6 Å². The van der Waals surface area contributed by atoms with Crippen LogP contribution < -0.4 is 10.1 Å². The summed E-state index contributed by atoms with van der Waals surface area (Å²) < 4.78 is 6.57. The van der Waals surface area contributed by atoms with Gasteiger partial charge in [0.15, 0.2) is 10.8 Å². The van der Waals surface area contributed by atoms with Crippen molar-refractivity contribution in [3.63, 3.8) is 0 Å². The Morgan fingerprint density at radius 1 is 1.15 bits per heavy atom. The maximum Gasteiger partial charge on any atom is 0.277 e. The summed E-state index contributed by atoms with van der Waals surface area (Å²) in [6.45, 7) is 0. The molecule has 0 aliphatic carbocycles. The van der Waals surface area contributed by atoms with Crippen molar-refractivity contribution in [2.45, 2.75) is 0 Å². The fourth-order valence-electron chi connectivity index (χ4n) is 2.35. The largest absolute Gasteiger partial charge is 0.481 e. The van der Waals surface area contributed by atoms with Gasteiger partial charge in [0, 0.05) is 23.8 Å². The molecule has 0 fully saturated rings. The van der Waals surface area contributed by atoms with Crippen LogP contribution >= 0.6 is 11.3 Å². The fraction of sp³-hybridized carbons (Fsp3) is 0.0588. The van der Waals surface area contributed by atoms with Crippen LogP contribution in [0, 0.1) is 0 Å². The van der Waals surface area contributed by atoms with E-state index in [0.717, 1.165) is 0 Å². The maximum atomic E-state index is 12.6. The number of thiazole rings is 1. The van der Waals surface area contributed by atoms with Gasteiger partial charge in [0.25, 0.3) is 5.91 Å². The number of hydrogen-bond donors (Lipinski definition) is 1. The number of amides is 1. The first kappa shape index (κ1) is 16.8. The Morgan fingerprint density at radius 3 is 2.81 bits per heavy atom. The standard InChI is InChI=1S/C17H13N7O2S/c1-26-15-4-2-3-12(20-15)13-10-27-17(21-13)22-16(25)14-9-19-23-24(14)11-5-7-18-8-6-11/h2-10H,1H3,(H,21,22,25). The number of aromatic nitrogens is 6. The molecule has 4 rings (SSSR count). The molecule has 0 atom stereocenters. The summed E-state index contributed by atoms with van der Waals surface area (Å²) >= 11 is 1.30. The van der Waals surface area contributed by atoms with E-state index in [4.69, 9.17) is 4.74 Å². The molecule has 9 nitrogen and oxygen atoms in total. The van der Waals surface area contributed by atoms with Crippen molar-refractivity contribution in [2.75, 3.05) is 12.4 Å². The third-order valence-electron chi connectivity index (χ3n) is 3.61. The first-order chi connectivity index (χ1) is 13.2. The van der Waals surface area contributed by atoms with Gasteiger partial charge >= 0.3 is 0 Å². The van der Waals surface area contributed by atoms with E-state index in [2.05, 4.69) is 30.6 Å². The monoisotopic (exact) mass is 379 g/mol.